The number of alkyl halides is 3. The third kappa shape index (κ3) is 5.43. The molecule has 192 valence electrons. The smallest absolute Gasteiger partial charge is 0.383 e. The molecule has 0 bridgehead atoms. The summed E-state index contributed by atoms with van der Waals surface area (Å²) in [6.45, 7) is -1.66. The second kappa shape index (κ2) is 10.3. The van der Waals surface area contributed by atoms with Gasteiger partial charge in [0.2, 0.25) is 0 Å². The van der Waals surface area contributed by atoms with Crippen LogP contribution in [0.5, 0.6) is 0 Å². The predicted octanol–water partition coefficient (Wildman–Crippen LogP) is 2.31. The summed E-state index contributed by atoms with van der Waals surface area (Å²) in [6.07, 6.45) is -3.20. The zero-order chi connectivity index (χ0) is 26.7. The highest BCUT2D eigenvalue weighted by Gasteiger charge is 2.55. The van der Waals surface area contributed by atoms with E-state index in [-0.39, 0.29) is 17.9 Å². The van der Waals surface area contributed by atoms with Crippen molar-refractivity contribution in [1.82, 2.24) is 25.0 Å². The van der Waals surface area contributed by atoms with E-state index in [1.54, 1.807) is 0 Å². The molecule has 2 amide bonds. The minimum atomic E-state index is -5.29. The largest absolute Gasteiger partial charge is 0.420 e. The molecule has 0 aliphatic carbocycles. The molecule has 0 saturated heterocycles. The molecule has 1 atom stereocenters. The highest BCUT2D eigenvalue weighted by atomic mass is 19.4. The summed E-state index contributed by atoms with van der Waals surface area (Å²) in [5.41, 5.74) is 1.56. The van der Waals surface area contributed by atoms with Crippen molar-refractivity contribution in [3.05, 3.63) is 71.7 Å². The number of nitrogens with one attached hydrogen (secondary N) is 1. The molecule has 9 nitrogen and oxygen atoms in total. The predicted molar refractivity (Wildman–Crippen MR) is 117 cm³/mol. The van der Waals surface area contributed by atoms with E-state index in [4.69, 9.17) is 5.73 Å². The van der Waals surface area contributed by atoms with E-state index < -0.39 is 54.0 Å². The average Bonchev–Trinajstić information content (AvgIpc) is 3.22. The topological polar surface area (TPSA) is 126 Å². The molecule has 3 aromatic rings. The molecular weight excluding hydrogens is 491 g/mol. The summed E-state index contributed by atoms with van der Waals surface area (Å²) in [5, 5.41) is 16.3. The van der Waals surface area contributed by atoms with Gasteiger partial charge in [-0.1, -0.05) is 0 Å². The molecule has 3 rings (SSSR count). The SMILES string of the molecule is CCN(CC(O)(CNC(=O)c1cnn(-c2ccc(F)cc2)c1N)C(F)(F)F)C(=O)c1ncccc1F. The molecular formula is C22H21F5N6O3. The molecule has 0 radical (unpaired) electrons. The first-order valence-electron chi connectivity index (χ1n) is 10.4. The Morgan fingerprint density at radius 2 is 1.83 bits per heavy atom. The minimum absolute atomic E-state index is 0.245. The Labute approximate surface area is 201 Å². The number of nitrogen functional groups attached to an aromatic ring is 1. The van der Waals surface area contributed by atoms with Gasteiger partial charge in [-0.3, -0.25) is 9.59 Å². The van der Waals surface area contributed by atoms with Crippen molar-refractivity contribution >= 4 is 17.6 Å². The summed E-state index contributed by atoms with van der Waals surface area (Å²) in [6, 6.07) is 7.01. The number of nitrogens with two attached hydrogens (primary N) is 1. The number of aromatic nitrogens is 3. The summed E-state index contributed by atoms with van der Waals surface area (Å²) in [7, 11) is 0. The van der Waals surface area contributed by atoms with E-state index in [0.717, 1.165) is 35.3 Å². The fraction of sp³-hybridized carbons (Fsp3) is 0.273. The first-order chi connectivity index (χ1) is 16.9. The Hall–Kier alpha value is -4.07. The number of nitrogens with zero attached hydrogens (tertiary/aromatic N) is 4. The van der Waals surface area contributed by atoms with Crippen LogP contribution in [0, 0.1) is 11.6 Å². The monoisotopic (exact) mass is 512 g/mol. The van der Waals surface area contributed by atoms with Gasteiger partial charge in [-0.15, -0.1) is 0 Å². The number of carbonyl (C=O) groups is 2. The Balaban J connectivity index is 1.79. The number of halogens is 5. The molecule has 2 aromatic heterocycles. The van der Waals surface area contributed by atoms with Crippen molar-refractivity contribution in [3.63, 3.8) is 0 Å². The van der Waals surface area contributed by atoms with Crippen molar-refractivity contribution in [3.8, 4) is 5.69 Å². The first-order valence-corrected chi connectivity index (χ1v) is 10.4. The van der Waals surface area contributed by atoms with Gasteiger partial charge in [-0.25, -0.2) is 18.4 Å². The van der Waals surface area contributed by atoms with E-state index in [0.29, 0.717) is 10.6 Å². The maximum atomic E-state index is 13.9. The molecule has 0 aliphatic heterocycles. The Morgan fingerprint density at radius 3 is 2.42 bits per heavy atom. The van der Waals surface area contributed by atoms with Crippen molar-refractivity contribution in [1.29, 1.82) is 0 Å². The Kier molecular flexibility index (Phi) is 7.57. The summed E-state index contributed by atoms with van der Waals surface area (Å²) in [4.78, 5) is 29.3. The van der Waals surface area contributed by atoms with Crippen molar-refractivity contribution < 1.29 is 36.6 Å². The molecule has 1 unspecified atom stereocenters. The van der Waals surface area contributed by atoms with E-state index in [2.05, 4.69) is 10.1 Å². The maximum absolute atomic E-state index is 13.9. The summed E-state index contributed by atoms with van der Waals surface area (Å²) < 4.78 is 69.7. The van der Waals surface area contributed by atoms with Crippen LogP contribution in [-0.2, 0) is 0 Å². The molecule has 0 spiro atoms. The van der Waals surface area contributed by atoms with Crippen molar-refractivity contribution in [2.45, 2.75) is 18.7 Å². The van der Waals surface area contributed by atoms with E-state index in [1.165, 1.54) is 25.1 Å². The number of amides is 2. The lowest BCUT2D eigenvalue weighted by Crippen LogP contribution is -2.60. The van der Waals surface area contributed by atoms with Crippen LogP contribution < -0.4 is 11.1 Å². The van der Waals surface area contributed by atoms with Gasteiger partial charge in [0, 0.05) is 12.7 Å². The standard InChI is InChI=1S/C22H21F5N6O3/c1-2-32(20(35)17-16(24)4-3-9-29-17)12-21(36,22(25,26)27)11-30-19(34)15-10-31-33(18(15)28)14-7-5-13(23)6-8-14/h3-10,36H,2,11-12,28H2,1H3,(H,30,34). The van der Waals surface area contributed by atoms with Crippen LogP contribution >= 0.6 is 0 Å². The van der Waals surface area contributed by atoms with E-state index in [9.17, 15) is 36.6 Å². The molecule has 1 aromatic carbocycles. The lowest BCUT2D eigenvalue weighted by molar-refractivity contribution is -0.260. The number of benzene rings is 1. The fourth-order valence-electron chi connectivity index (χ4n) is 3.22. The zero-order valence-electron chi connectivity index (χ0n) is 18.8. The second-order valence-corrected chi connectivity index (χ2v) is 7.70. The number of hydrogen-bond acceptors (Lipinski definition) is 6. The summed E-state index contributed by atoms with van der Waals surface area (Å²) in [5.74, 6) is -4.08. The number of aliphatic hydroxyl groups is 1. The third-order valence-corrected chi connectivity index (χ3v) is 5.27. The average molecular weight is 512 g/mol. The number of hydrogen-bond donors (Lipinski definition) is 3. The molecule has 36 heavy (non-hydrogen) atoms. The maximum Gasteiger partial charge on any atom is 0.420 e. The van der Waals surface area contributed by atoms with Gasteiger partial charge in [0.05, 0.1) is 25.0 Å². The molecule has 2 heterocycles. The third-order valence-electron chi connectivity index (χ3n) is 5.27. The van der Waals surface area contributed by atoms with Crippen LogP contribution in [0.25, 0.3) is 5.69 Å². The number of carbonyl (C=O) groups excluding carboxylic acids is 2. The van der Waals surface area contributed by atoms with Crippen LogP contribution in [0.15, 0.2) is 48.8 Å². The second-order valence-electron chi connectivity index (χ2n) is 7.70. The van der Waals surface area contributed by atoms with Gasteiger partial charge >= 0.3 is 6.18 Å². The van der Waals surface area contributed by atoms with Crippen molar-refractivity contribution in [2.75, 3.05) is 25.4 Å². The van der Waals surface area contributed by atoms with Crippen molar-refractivity contribution in [2.24, 2.45) is 0 Å². The fourth-order valence-corrected chi connectivity index (χ4v) is 3.22. The first kappa shape index (κ1) is 26.5. The zero-order valence-corrected chi connectivity index (χ0v) is 18.8. The number of pyridine rings is 1. The van der Waals surface area contributed by atoms with E-state index >= 15 is 0 Å². The van der Waals surface area contributed by atoms with Crippen LogP contribution in [0.2, 0.25) is 0 Å². The normalized spacial score (nSPS) is 13.2. The lowest BCUT2D eigenvalue weighted by atomic mass is 10.0. The lowest BCUT2D eigenvalue weighted by Gasteiger charge is -2.35. The Bertz CT molecular complexity index is 1250. The van der Waals surface area contributed by atoms with Gasteiger partial charge in [-0.05, 0) is 43.3 Å². The number of anilines is 1. The Morgan fingerprint density at radius 1 is 1.17 bits per heavy atom. The molecule has 0 fully saturated rings. The molecule has 0 aliphatic rings. The molecule has 0 saturated carbocycles. The summed E-state index contributed by atoms with van der Waals surface area (Å²) >= 11 is 0. The van der Waals surface area contributed by atoms with Gasteiger partial charge in [0.25, 0.3) is 11.8 Å². The van der Waals surface area contributed by atoms with Crippen LogP contribution in [0.1, 0.15) is 27.8 Å². The molecule has 14 heteroatoms. The van der Waals surface area contributed by atoms with Crippen LogP contribution in [0.3, 0.4) is 0 Å². The quantitative estimate of drug-likeness (QED) is 0.398. The van der Waals surface area contributed by atoms with Gasteiger partial charge < -0.3 is 21.1 Å². The van der Waals surface area contributed by atoms with Crippen LogP contribution in [0.4, 0.5) is 27.8 Å². The number of likely N-dealkylation sites (N-methyl/N-ethyl adjacent to an activating group) is 1. The van der Waals surface area contributed by atoms with Gasteiger partial charge in [-0.2, -0.15) is 18.3 Å². The highest BCUT2D eigenvalue weighted by molar-refractivity contribution is 5.98. The minimum Gasteiger partial charge on any atom is -0.383 e. The highest BCUT2D eigenvalue weighted by Crippen LogP contribution is 2.31. The van der Waals surface area contributed by atoms with E-state index in [1.807, 2.05) is 5.32 Å². The molecule has 4 N–H and O–H groups in total. The van der Waals surface area contributed by atoms with Gasteiger partial charge in [0.1, 0.15) is 17.2 Å². The number of rotatable bonds is 8. The van der Waals surface area contributed by atoms with Crippen LogP contribution in [-0.4, -0.2) is 68.0 Å². The van der Waals surface area contributed by atoms with Gasteiger partial charge in [0.15, 0.2) is 17.1 Å².